The molecule has 0 radical (unpaired) electrons. The monoisotopic (exact) mass is 457 g/mol. The second kappa shape index (κ2) is 8.94. The van der Waals surface area contributed by atoms with Gasteiger partial charge in [0.15, 0.2) is 6.23 Å². The molecular weight excluding hydrogens is 433 g/mol. The zero-order valence-electron chi connectivity index (χ0n) is 18.2. The van der Waals surface area contributed by atoms with Crippen molar-refractivity contribution < 1.29 is 14.2 Å². The summed E-state index contributed by atoms with van der Waals surface area (Å²) in [5.41, 5.74) is 2.99. The van der Waals surface area contributed by atoms with Gasteiger partial charge in [0.05, 0.1) is 23.5 Å². The fourth-order valence-corrected chi connectivity index (χ4v) is 4.69. The van der Waals surface area contributed by atoms with E-state index in [1.54, 1.807) is 43.3 Å². The Morgan fingerprint density at radius 1 is 1.28 bits per heavy atom. The third-order valence-electron chi connectivity index (χ3n) is 6.32. The average Bonchev–Trinajstić information content (AvgIpc) is 2.80. The summed E-state index contributed by atoms with van der Waals surface area (Å²) in [5, 5.41) is 21.0. The Morgan fingerprint density at radius 3 is 2.66 bits per heavy atom. The largest absolute Gasteiger partial charge is 0.377 e. The van der Waals surface area contributed by atoms with E-state index in [2.05, 4.69) is 16.0 Å². The number of likely N-dealkylation sites (N-methyl/N-ethyl adjacent to an activating group) is 2. The van der Waals surface area contributed by atoms with Crippen molar-refractivity contribution >= 4 is 28.7 Å². The molecule has 1 aromatic heterocycles. The lowest BCUT2D eigenvalue weighted by Gasteiger charge is -2.45. The Balaban J connectivity index is 1.66. The number of fused-ring (bicyclic) bond motifs is 1. The van der Waals surface area contributed by atoms with E-state index in [0.717, 1.165) is 12.1 Å². The number of ether oxygens (including phenoxy) is 1. The number of piperidine rings is 1. The van der Waals surface area contributed by atoms with E-state index in [-0.39, 0.29) is 23.5 Å². The van der Waals surface area contributed by atoms with Crippen LogP contribution in [0.15, 0.2) is 42.0 Å². The lowest BCUT2D eigenvalue weighted by Crippen LogP contribution is -2.54. The van der Waals surface area contributed by atoms with Gasteiger partial charge in [-0.2, -0.15) is 5.26 Å². The van der Waals surface area contributed by atoms with Gasteiger partial charge < -0.3 is 24.5 Å². The number of nitrogens with zero attached hydrogens (tertiary/aromatic N) is 5. The van der Waals surface area contributed by atoms with Gasteiger partial charge in [-0.1, -0.05) is 11.6 Å². The van der Waals surface area contributed by atoms with Crippen molar-refractivity contribution in [3.8, 4) is 6.07 Å². The first-order valence-corrected chi connectivity index (χ1v) is 10.7. The second-order valence-electron chi connectivity index (χ2n) is 8.02. The van der Waals surface area contributed by atoms with Crippen LogP contribution in [-0.2, 0) is 4.74 Å². The summed E-state index contributed by atoms with van der Waals surface area (Å²) >= 11 is 6.18. The summed E-state index contributed by atoms with van der Waals surface area (Å²) in [6.45, 7) is 1.12. The molecule has 1 N–H and O–H groups in total. The highest BCUT2D eigenvalue weighted by Crippen LogP contribution is 2.39. The second-order valence-corrected chi connectivity index (χ2v) is 8.41. The number of pyridine rings is 1. The van der Waals surface area contributed by atoms with E-state index in [1.807, 2.05) is 11.9 Å². The molecule has 3 heterocycles. The maximum Gasteiger partial charge on any atom is 0.165 e. The maximum absolute atomic E-state index is 13.4. The fourth-order valence-electron chi connectivity index (χ4n) is 4.54. The summed E-state index contributed by atoms with van der Waals surface area (Å²) in [6.07, 6.45) is -0.534. The van der Waals surface area contributed by atoms with E-state index in [1.165, 1.54) is 12.1 Å². The van der Waals surface area contributed by atoms with Crippen LogP contribution in [0.3, 0.4) is 0 Å². The molecule has 0 saturated carbocycles. The van der Waals surface area contributed by atoms with Gasteiger partial charge in [0.1, 0.15) is 28.3 Å². The molecule has 1 aromatic carbocycles. The minimum atomic E-state index is -1.08. The molecule has 2 aliphatic rings. The lowest BCUT2D eigenvalue weighted by atomic mass is 9.95. The van der Waals surface area contributed by atoms with Crippen LogP contribution in [0.2, 0.25) is 5.15 Å². The molecule has 2 aromatic rings. The quantitative estimate of drug-likeness (QED) is 0.707. The number of methoxy groups -OCH3 is 1. The molecule has 9 heteroatoms. The molecule has 0 amide bonds. The number of aliphatic hydroxyl groups is 1. The molecule has 1 unspecified atom stereocenters. The molecule has 1 saturated heterocycles. The number of rotatable bonds is 4. The predicted octanol–water partition coefficient (Wildman–Crippen LogP) is 3.10. The Bertz CT molecular complexity index is 1070. The van der Waals surface area contributed by atoms with Crippen molar-refractivity contribution in [3.63, 3.8) is 0 Å². The van der Waals surface area contributed by atoms with Crippen molar-refractivity contribution in [3.05, 3.63) is 58.6 Å². The topological polar surface area (TPSA) is 75.9 Å². The average molecular weight is 458 g/mol. The third-order valence-corrected chi connectivity index (χ3v) is 6.53. The Labute approximate surface area is 191 Å². The molecule has 168 valence electrons. The molecule has 0 spiro atoms. The van der Waals surface area contributed by atoms with Crippen molar-refractivity contribution in [1.29, 1.82) is 5.26 Å². The molecule has 0 aliphatic carbocycles. The lowest BCUT2D eigenvalue weighted by molar-refractivity contribution is 0.0330. The number of aromatic nitrogens is 1. The van der Waals surface area contributed by atoms with E-state index in [9.17, 15) is 14.8 Å². The minimum Gasteiger partial charge on any atom is -0.377 e. The summed E-state index contributed by atoms with van der Waals surface area (Å²) in [7, 11) is 5.34. The number of halogens is 2. The van der Waals surface area contributed by atoms with Gasteiger partial charge in [-0.25, -0.2) is 9.37 Å². The van der Waals surface area contributed by atoms with Crippen molar-refractivity contribution in [1.82, 2.24) is 9.88 Å². The number of hydrogen-bond acceptors (Lipinski definition) is 7. The molecule has 0 bridgehead atoms. The van der Waals surface area contributed by atoms with E-state index >= 15 is 0 Å². The van der Waals surface area contributed by atoms with Gasteiger partial charge in [-0.05, 0) is 42.8 Å². The maximum atomic E-state index is 13.4. The Kier molecular flexibility index (Phi) is 6.24. The molecule has 4 rings (SSSR count). The van der Waals surface area contributed by atoms with Crippen molar-refractivity contribution in [2.24, 2.45) is 0 Å². The molecule has 3 atom stereocenters. The minimum absolute atomic E-state index is 0.0517. The van der Waals surface area contributed by atoms with Crippen molar-refractivity contribution in [2.75, 3.05) is 44.1 Å². The zero-order valence-corrected chi connectivity index (χ0v) is 18.9. The van der Waals surface area contributed by atoms with Gasteiger partial charge in [0, 0.05) is 40.0 Å². The standard InChI is InChI=1S/C23H25ClFN5O2/c1-28(15-6-4-14(25)5-7-15)17-10-11-30(13-19(17)32-3)22-16(12-26)23(31)29(2)18-8-9-20(24)27-21(18)22/h4-9,17,19,23,31H,10-11,13H2,1-3H3/t17-,19-,23?/m1/s1. The zero-order chi connectivity index (χ0) is 23.0. The van der Waals surface area contributed by atoms with Crippen LogP contribution < -0.4 is 9.80 Å². The first-order valence-electron chi connectivity index (χ1n) is 10.3. The van der Waals surface area contributed by atoms with Crippen LogP contribution >= 0.6 is 11.6 Å². The highest BCUT2D eigenvalue weighted by molar-refractivity contribution is 6.29. The molecular formula is C23H25ClFN5O2. The van der Waals surface area contributed by atoms with Crippen LogP contribution in [0.5, 0.6) is 0 Å². The van der Waals surface area contributed by atoms with Crippen LogP contribution in [-0.4, -0.2) is 67.7 Å². The molecule has 32 heavy (non-hydrogen) atoms. The highest BCUT2D eigenvalue weighted by Gasteiger charge is 2.39. The SMILES string of the molecule is CO[C@@H]1CN(C2=C(C#N)C(O)N(C)c3ccc(Cl)nc32)CC[C@H]1N(C)c1ccc(F)cc1. The van der Waals surface area contributed by atoms with Gasteiger partial charge >= 0.3 is 0 Å². The van der Waals surface area contributed by atoms with Crippen LogP contribution in [0.25, 0.3) is 5.70 Å². The number of hydrogen-bond donors (Lipinski definition) is 1. The Hall–Kier alpha value is -2.86. The van der Waals surface area contributed by atoms with Gasteiger partial charge in [0.2, 0.25) is 0 Å². The molecule has 2 aliphatic heterocycles. The number of anilines is 2. The summed E-state index contributed by atoms with van der Waals surface area (Å²) in [6, 6.07) is 12.1. The third kappa shape index (κ3) is 3.88. The van der Waals surface area contributed by atoms with Gasteiger partial charge in [-0.3, -0.25) is 0 Å². The highest BCUT2D eigenvalue weighted by atomic mass is 35.5. The number of nitriles is 1. The van der Waals surface area contributed by atoms with Crippen molar-refractivity contribution in [2.45, 2.75) is 24.8 Å². The number of aliphatic hydroxyl groups excluding tert-OH is 1. The smallest absolute Gasteiger partial charge is 0.165 e. The van der Waals surface area contributed by atoms with Crippen LogP contribution in [0.4, 0.5) is 15.8 Å². The summed E-state index contributed by atoms with van der Waals surface area (Å²) < 4.78 is 19.2. The van der Waals surface area contributed by atoms with Gasteiger partial charge in [0.25, 0.3) is 0 Å². The van der Waals surface area contributed by atoms with Gasteiger partial charge in [-0.15, -0.1) is 0 Å². The van der Waals surface area contributed by atoms with Crippen LogP contribution in [0.1, 0.15) is 12.1 Å². The summed E-state index contributed by atoms with van der Waals surface area (Å²) in [4.78, 5) is 10.2. The number of benzene rings is 1. The van der Waals surface area contributed by atoms with Crippen LogP contribution in [0, 0.1) is 17.1 Å². The van der Waals surface area contributed by atoms with E-state index in [4.69, 9.17) is 16.3 Å². The van der Waals surface area contributed by atoms with E-state index in [0.29, 0.717) is 35.3 Å². The first kappa shape index (κ1) is 22.3. The Morgan fingerprint density at radius 2 is 2.00 bits per heavy atom. The predicted molar refractivity (Wildman–Crippen MR) is 122 cm³/mol. The van der Waals surface area contributed by atoms with E-state index < -0.39 is 6.23 Å². The summed E-state index contributed by atoms with van der Waals surface area (Å²) in [5.74, 6) is -0.276. The molecule has 1 fully saturated rings. The number of likely N-dealkylation sites (tertiary alicyclic amines) is 1. The fraction of sp³-hybridized carbons (Fsp3) is 0.391. The normalized spacial score (nSPS) is 23.1. The molecule has 7 nitrogen and oxygen atoms in total. The first-order chi connectivity index (χ1) is 15.3.